The van der Waals surface area contributed by atoms with Crippen LogP contribution in [-0.2, 0) is 6.54 Å². The van der Waals surface area contributed by atoms with Crippen molar-refractivity contribution in [1.29, 1.82) is 0 Å². The molecule has 5 rings (SSSR count). The Morgan fingerprint density at radius 3 is 3.00 bits per heavy atom. The number of aromatic nitrogens is 5. The molecule has 2 aliphatic heterocycles. The van der Waals surface area contributed by atoms with Gasteiger partial charge in [0.1, 0.15) is 23.4 Å². The van der Waals surface area contributed by atoms with E-state index in [0.29, 0.717) is 6.54 Å². The highest BCUT2D eigenvalue weighted by molar-refractivity contribution is 7.96. The van der Waals surface area contributed by atoms with Crippen LogP contribution in [0.15, 0.2) is 41.3 Å². The highest BCUT2D eigenvalue weighted by atomic mass is 32.2. The van der Waals surface area contributed by atoms with E-state index >= 15 is 0 Å². The molecule has 9 nitrogen and oxygen atoms in total. The second-order valence-electron chi connectivity index (χ2n) is 7.87. The van der Waals surface area contributed by atoms with E-state index in [1.54, 1.807) is 13.4 Å². The molecule has 1 fully saturated rings. The molecule has 0 unspecified atom stereocenters. The van der Waals surface area contributed by atoms with Gasteiger partial charge in [0.05, 0.1) is 49.7 Å². The smallest absolute Gasteiger partial charge is 0.143 e. The Bertz CT molecular complexity index is 1090. The maximum Gasteiger partial charge on any atom is 0.143 e. The van der Waals surface area contributed by atoms with Crippen LogP contribution in [0.4, 0.5) is 0 Å². The number of amidine groups is 1. The summed E-state index contributed by atoms with van der Waals surface area (Å²) in [5.41, 5.74) is 3.68. The Morgan fingerprint density at radius 2 is 2.16 bits per heavy atom. The van der Waals surface area contributed by atoms with Crippen LogP contribution >= 0.6 is 12.1 Å². The second kappa shape index (κ2) is 8.72. The quantitative estimate of drug-likeness (QED) is 0.612. The van der Waals surface area contributed by atoms with Crippen molar-refractivity contribution in [2.75, 3.05) is 13.7 Å². The molecule has 4 heterocycles. The van der Waals surface area contributed by atoms with Gasteiger partial charge >= 0.3 is 0 Å². The first-order valence-electron chi connectivity index (χ1n) is 10.6. The Morgan fingerprint density at radius 1 is 1.23 bits per heavy atom. The van der Waals surface area contributed by atoms with Crippen LogP contribution in [0, 0.1) is 6.92 Å². The summed E-state index contributed by atoms with van der Waals surface area (Å²) in [7, 11) is 1.68. The van der Waals surface area contributed by atoms with Gasteiger partial charge in [-0.1, -0.05) is 17.7 Å². The molecule has 3 aromatic rings. The van der Waals surface area contributed by atoms with Gasteiger partial charge in [-0.25, -0.2) is 14.4 Å². The molecule has 2 aromatic heterocycles. The van der Waals surface area contributed by atoms with E-state index < -0.39 is 0 Å². The third kappa shape index (κ3) is 4.17. The van der Waals surface area contributed by atoms with Crippen LogP contribution in [0.2, 0.25) is 0 Å². The van der Waals surface area contributed by atoms with Crippen LogP contribution in [0.5, 0.6) is 5.75 Å². The predicted octanol–water partition coefficient (Wildman–Crippen LogP) is 3.21. The Labute approximate surface area is 185 Å². The molecule has 1 saturated heterocycles. The lowest BCUT2D eigenvalue weighted by Crippen LogP contribution is -2.51. The fourth-order valence-corrected chi connectivity index (χ4v) is 4.77. The first-order valence-corrected chi connectivity index (χ1v) is 11.3. The number of hydrogen-bond acceptors (Lipinski definition) is 8. The third-order valence-corrected chi connectivity index (χ3v) is 6.39. The molecule has 1 N–H and O–H groups in total. The van der Waals surface area contributed by atoms with Gasteiger partial charge in [0.2, 0.25) is 0 Å². The number of aryl methyl sites for hydroxylation is 1. The van der Waals surface area contributed by atoms with Gasteiger partial charge in [-0.3, -0.25) is 0 Å². The molecular formula is C21H26N8OS. The molecule has 0 amide bonds. The van der Waals surface area contributed by atoms with E-state index in [2.05, 4.69) is 29.3 Å². The number of nitrogens with one attached hydrogen (secondary N) is 1. The Balaban J connectivity index is 1.35. The fourth-order valence-electron chi connectivity index (χ4n) is 4.09. The molecule has 1 atom stereocenters. The van der Waals surface area contributed by atoms with Crippen LogP contribution in [-0.4, -0.2) is 55.1 Å². The molecular weight excluding hydrogens is 412 g/mol. The number of methoxy groups -OCH3 is 1. The van der Waals surface area contributed by atoms with Crippen molar-refractivity contribution in [1.82, 2.24) is 34.2 Å². The summed E-state index contributed by atoms with van der Waals surface area (Å²) in [5, 5.41) is 8.79. The van der Waals surface area contributed by atoms with Gasteiger partial charge in [0, 0.05) is 24.7 Å². The van der Waals surface area contributed by atoms with Crippen molar-refractivity contribution < 1.29 is 4.74 Å². The molecule has 0 spiro atoms. The van der Waals surface area contributed by atoms with Gasteiger partial charge in [0.25, 0.3) is 0 Å². The lowest BCUT2D eigenvalue weighted by molar-refractivity contribution is 0.257. The molecule has 0 bridgehead atoms. The molecule has 31 heavy (non-hydrogen) atoms. The molecule has 1 aromatic carbocycles. The minimum absolute atomic E-state index is 0.159. The fraction of sp³-hybridized carbons (Fsp3) is 0.429. The topological polar surface area (TPSA) is 85.4 Å². The molecule has 2 aliphatic rings. The number of rotatable bonds is 5. The van der Waals surface area contributed by atoms with E-state index in [0.717, 1.165) is 41.4 Å². The van der Waals surface area contributed by atoms with Crippen LogP contribution in [0.3, 0.4) is 0 Å². The van der Waals surface area contributed by atoms with Crippen LogP contribution < -0.4 is 9.46 Å². The second-order valence-corrected chi connectivity index (χ2v) is 8.47. The van der Waals surface area contributed by atoms with E-state index in [4.69, 9.17) is 4.74 Å². The molecule has 0 saturated carbocycles. The predicted molar refractivity (Wildman–Crippen MR) is 121 cm³/mol. The number of fused-ring (bicyclic) bond motifs is 1. The van der Waals surface area contributed by atoms with E-state index in [1.165, 1.54) is 37.2 Å². The summed E-state index contributed by atoms with van der Waals surface area (Å²) in [5.74, 6) is 1.96. The van der Waals surface area contributed by atoms with Gasteiger partial charge in [-0.05, 0) is 31.9 Å². The normalized spacial score (nSPS) is 19.0. The number of imidazole rings is 1. The van der Waals surface area contributed by atoms with Crippen molar-refractivity contribution in [3.8, 4) is 22.7 Å². The van der Waals surface area contributed by atoms with Crippen molar-refractivity contribution in [3.63, 3.8) is 0 Å². The highest BCUT2D eigenvalue weighted by Crippen LogP contribution is 2.29. The average molecular weight is 439 g/mol. The SMILES string of the molecule is COc1cc(-c2cn(C[C@@H]3NSN=C4CCCCCN43)nn2)ccc1-n1cnc(C)c1. The van der Waals surface area contributed by atoms with Crippen molar-refractivity contribution in [2.45, 2.75) is 45.3 Å². The molecule has 0 aliphatic carbocycles. The molecule has 162 valence electrons. The standard InChI is InChI=1S/C21H26N8OS/c1-15-11-27(14-22-15)18-8-7-16(10-19(18)30-2)17-12-28(26-23-17)13-21-25-31-24-20-6-4-3-5-9-29(20)21/h7-8,10-12,14,21,25H,3-6,9,13H2,1-2H3/t21-/m1/s1. The maximum atomic E-state index is 5.63. The Kier molecular flexibility index (Phi) is 5.65. The molecule has 10 heteroatoms. The number of hydrogen-bond donors (Lipinski definition) is 1. The van der Waals surface area contributed by atoms with Gasteiger partial charge in [-0.2, -0.15) is 4.40 Å². The van der Waals surface area contributed by atoms with Gasteiger partial charge in [0.15, 0.2) is 0 Å². The van der Waals surface area contributed by atoms with Crippen molar-refractivity contribution >= 4 is 18.0 Å². The summed E-state index contributed by atoms with van der Waals surface area (Å²) in [4.78, 5) is 6.69. The zero-order valence-electron chi connectivity index (χ0n) is 17.7. The number of benzene rings is 1. The summed E-state index contributed by atoms with van der Waals surface area (Å²) in [6.45, 7) is 3.71. The number of ether oxygens (including phenoxy) is 1. The summed E-state index contributed by atoms with van der Waals surface area (Å²) >= 11 is 1.44. The lowest BCUT2D eigenvalue weighted by Gasteiger charge is -2.35. The summed E-state index contributed by atoms with van der Waals surface area (Å²) in [6.07, 6.45) is 10.6. The monoisotopic (exact) mass is 438 g/mol. The van der Waals surface area contributed by atoms with Crippen LogP contribution in [0.1, 0.15) is 31.4 Å². The average Bonchev–Trinajstić information content (AvgIpc) is 3.36. The summed E-state index contributed by atoms with van der Waals surface area (Å²) in [6, 6.07) is 6.05. The highest BCUT2D eigenvalue weighted by Gasteiger charge is 2.27. The van der Waals surface area contributed by atoms with E-state index in [1.807, 2.05) is 46.8 Å². The van der Waals surface area contributed by atoms with Crippen molar-refractivity contribution in [3.05, 3.63) is 42.6 Å². The van der Waals surface area contributed by atoms with Gasteiger partial charge < -0.3 is 14.2 Å². The maximum absolute atomic E-state index is 5.63. The lowest BCUT2D eigenvalue weighted by atomic mass is 10.1. The minimum atomic E-state index is 0.159. The number of nitrogens with zero attached hydrogens (tertiary/aromatic N) is 7. The van der Waals surface area contributed by atoms with E-state index in [-0.39, 0.29) is 6.17 Å². The largest absolute Gasteiger partial charge is 0.495 e. The third-order valence-electron chi connectivity index (χ3n) is 5.71. The van der Waals surface area contributed by atoms with E-state index in [9.17, 15) is 0 Å². The minimum Gasteiger partial charge on any atom is -0.495 e. The summed E-state index contributed by atoms with van der Waals surface area (Å²) < 4.78 is 17.5. The van der Waals surface area contributed by atoms with Crippen molar-refractivity contribution in [2.24, 2.45) is 4.40 Å². The molecule has 0 radical (unpaired) electrons. The van der Waals surface area contributed by atoms with Gasteiger partial charge in [-0.15, -0.1) is 5.10 Å². The zero-order valence-corrected chi connectivity index (χ0v) is 18.5. The zero-order chi connectivity index (χ0) is 21.2. The first kappa shape index (κ1) is 20.1. The first-order chi connectivity index (χ1) is 15.2. The Hall–Kier alpha value is -2.85. The van der Waals surface area contributed by atoms with Crippen LogP contribution in [0.25, 0.3) is 16.9 Å².